The molecule has 0 atom stereocenters. The van der Waals surface area contributed by atoms with Crippen LogP contribution in [0.5, 0.6) is 0 Å². The van der Waals surface area contributed by atoms with Crippen molar-refractivity contribution in [3.63, 3.8) is 0 Å². The summed E-state index contributed by atoms with van der Waals surface area (Å²) >= 11 is 6.51. The van der Waals surface area contributed by atoms with Crippen molar-refractivity contribution in [1.29, 1.82) is 5.26 Å². The van der Waals surface area contributed by atoms with E-state index in [1.165, 1.54) is 5.56 Å². The molecule has 5 rings (SSSR count). The predicted molar refractivity (Wildman–Crippen MR) is 139 cm³/mol. The molecule has 36 heavy (non-hydrogen) atoms. The average molecular weight is 502 g/mol. The quantitative estimate of drug-likeness (QED) is 0.475. The monoisotopic (exact) mass is 501 g/mol. The Balaban J connectivity index is 1.27. The number of aromatic nitrogens is 1. The number of fused-ring (bicyclic) bond motifs is 1. The van der Waals surface area contributed by atoms with Crippen molar-refractivity contribution < 1.29 is 9.53 Å². The van der Waals surface area contributed by atoms with Gasteiger partial charge < -0.3 is 14.5 Å². The maximum Gasteiger partial charge on any atom is 0.410 e. The fourth-order valence-corrected chi connectivity index (χ4v) is 5.16. The maximum absolute atomic E-state index is 12.6. The molecule has 2 aliphatic heterocycles. The summed E-state index contributed by atoms with van der Waals surface area (Å²) in [4.78, 5) is 23.5. The molecule has 0 unspecified atom stereocenters. The van der Waals surface area contributed by atoms with Gasteiger partial charge in [-0.2, -0.15) is 5.26 Å². The fraction of sp³-hybridized carbons (Fsp3) is 0.321. The molecule has 0 aliphatic carbocycles. The van der Waals surface area contributed by atoms with Crippen LogP contribution in [-0.4, -0.2) is 53.6 Å². The number of benzene rings is 2. The van der Waals surface area contributed by atoms with Gasteiger partial charge in [0.1, 0.15) is 23.4 Å². The second-order valence-electron chi connectivity index (χ2n) is 9.12. The molecule has 1 amide bonds. The van der Waals surface area contributed by atoms with E-state index in [0.29, 0.717) is 38.3 Å². The van der Waals surface area contributed by atoms with Gasteiger partial charge in [-0.05, 0) is 17.5 Å². The van der Waals surface area contributed by atoms with E-state index in [1.807, 2.05) is 36.4 Å². The van der Waals surface area contributed by atoms with Crippen LogP contribution in [-0.2, 0) is 30.9 Å². The van der Waals surface area contributed by atoms with Gasteiger partial charge in [0, 0.05) is 51.4 Å². The Labute approximate surface area is 216 Å². The van der Waals surface area contributed by atoms with Crippen LogP contribution in [0.2, 0.25) is 5.15 Å². The third-order valence-electron chi connectivity index (χ3n) is 6.78. The van der Waals surface area contributed by atoms with Crippen molar-refractivity contribution >= 4 is 23.4 Å². The number of rotatable bonds is 5. The van der Waals surface area contributed by atoms with Gasteiger partial charge in [0.2, 0.25) is 0 Å². The smallest absolute Gasteiger partial charge is 0.410 e. The Morgan fingerprint density at radius 2 is 1.64 bits per heavy atom. The van der Waals surface area contributed by atoms with Gasteiger partial charge in [-0.25, -0.2) is 9.78 Å². The van der Waals surface area contributed by atoms with Crippen molar-refractivity contribution in [3.8, 4) is 6.07 Å². The second kappa shape index (κ2) is 11.0. The summed E-state index contributed by atoms with van der Waals surface area (Å²) in [6.45, 7) is 4.93. The normalized spacial score (nSPS) is 15.8. The van der Waals surface area contributed by atoms with Crippen LogP contribution in [0.1, 0.15) is 27.9 Å². The lowest BCUT2D eigenvalue weighted by atomic mass is 9.98. The SMILES string of the molecule is N#Cc1c(Cl)nc2c(c1N1CCN(C(=O)OCc3ccccc3)CC1)CCN(Cc1ccccc1)C2. The van der Waals surface area contributed by atoms with Crippen LogP contribution >= 0.6 is 11.6 Å². The lowest BCUT2D eigenvalue weighted by molar-refractivity contribution is 0.0941. The number of carbonyl (C=O) groups excluding carboxylic acids is 1. The van der Waals surface area contributed by atoms with Crippen LogP contribution < -0.4 is 4.90 Å². The molecular formula is C28H28ClN5O2. The van der Waals surface area contributed by atoms with Gasteiger partial charge in [0.05, 0.1) is 11.4 Å². The zero-order chi connectivity index (χ0) is 24.9. The number of anilines is 1. The van der Waals surface area contributed by atoms with Crippen molar-refractivity contribution in [2.45, 2.75) is 26.1 Å². The van der Waals surface area contributed by atoms with E-state index < -0.39 is 0 Å². The largest absolute Gasteiger partial charge is 0.445 e. The summed E-state index contributed by atoms with van der Waals surface area (Å²) in [7, 11) is 0. The van der Waals surface area contributed by atoms with Crippen LogP contribution in [0.15, 0.2) is 60.7 Å². The van der Waals surface area contributed by atoms with E-state index in [1.54, 1.807) is 4.90 Å². The fourth-order valence-electron chi connectivity index (χ4n) is 4.93. The molecule has 2 aromatic carbocycles. The maximum atomic E-state index is 12.6. The van der Waals surface area contributed by atoms with E-state index in [9.17, 15) is 10.1 Å². The summed E-state index contributed by atoms with van der Waals surface area (Å²) in [5.74, 6) is 0. The van der Waals surface area contributed by atoms with Crippen LogP contribution in [0.25, 0.3) is 0 Å². The molecule has 1 aromatic heterocycles. The molecule has 1 saturated heterocycles. The number of hydrogen-bond acceptors (Lipinski definition) is 6. The summed E-state index contributed by atoms with van der Waals surface area (Å²) in [6, 6.07) is 22.3. The highest BCUT2D eigenvalue weighted by atomic mass is 35.5. The highest BCUT2D eigenvalue weighted by Gasteiger charge is 2.30. The van der Waals surface area contributed by atoms with E-state index in [0.717, 1.165) is 42.0 Å². The molecule has 184 valence electrons. The average Bonchev–Trinajstić information content (AvgIpc) is 2.92. The zero-order valence-corrected chi connectivity index (χ0v) is 20.8. The number of carbonyl (C=O) groups is 1. The van der Waals surface area contributed by atoms with Gasteiger partial charge in [-0.15, -0.1) is 0 Å². The molecule has 0 bridgehead atoms. The molecule has 8 heteroatoms. The number of pyridine rings is 1. The van der Waals surface area contributed by atoms with Crippen LogP contribution in [0, 0.1) is 11.3 Å². The minimum atomic E-state index is -0.314. The van der Waals surface area contributed by atoms with Crippen LogP contribution in [0.4, 0.5) is 10.5 Å². The third-order valence-corrected chi connectivity index (χ3v) is 7.06. The zero-order valence-electron chi connectivity index (χ0n) is 20.1. The number of piperazine rings is 1. The number of nitrogens with zero attached hydrogens (tertiary/aromatic N) is 5. The van der Waals surface area contributed by atoms with Gasteiger partial charge in [-0.3, -0.25) is 4.90 Å². The summed E-state index contributed by atoms with van der Waals surface area (Å²) < 4.78 is 5.50. The Morgan fingerprint density at radius 1 is 0.972 bits per heavy atom. The second-order valence-corrected chi connectivity index (χ2v) is 9.48. The number of hydrogen-bond donors (Lipinski definition) is 0. The first-order valence-corrected chi connectivity index (χ1v) is 12.6. The van der Waals surface area contributed by atoms with Crippen molar-refractivity contribution in [1.82, 2.24) is 14.8 Å². The first-order chi connectivity index (χ1) is 17.6. The van der Waals surface area contributed by atoms with E-state index in [-0.39, 0.29) is 17.9 Å². The van der Waals surface area contributed by atoms with Gasteiger partial charge in [0.25, 0.3) is 0 Å². The molecule has 3 aromatic rings. The Bertz CT molecular complexity index is 1250. The van der Waals surface area contributed by atoms with Crippen molar-refractivity contribution in [2.75, 3.05) is 37.6 Å². The lowest BCUT2D eigenvalue weighted by Gasteiger charge is -2.38. The standard InChI is InChI=1S/C28H28ClN5O2/c29-27-24(17-30)26(23-11-12-32(19-25(23)31-27)18-21-7-3-1-4-8-21)33-13-15-34(16-14-33)28(35)36-20-22-9-5-2-6-10-22/h1-10H,11-16,18-20H2. The van der Waals surface area contributed by atoms with Gasteiger partial charge in [0.15, 0.2) is 0 Å². The Morgan fingerprint density at radius 3 is 2.31 bits per heavy atom. The number of halogens is 1. The summed E-state index contributed by atoms with van der Waals surface area (Å²) in [5.41, 5.74) is 5.55. The predicted octanol–water partition coefficient (Wildman–Crippen LogP) is 4.62. The Hall–Kier alpha value is -3.60. The lowest BCUT2D eigenvalue weighted by Crippen LogP contribution is -2.49. The first-order valence-electron chi connectivity index (χ1n) is 12.2. The molecule has 0 saturated carbocycles. The molecule has 0 spiro atoms. The number of ether oxygens (including phenoxy) is 1. The minimum Gasteiger partial charge on any atom is -0.445 e. The topological polar surface area (TPSA) is 72.7 Å². The molecule has 1 fully saturated rings. The van der Waals surface area contributed by atoms with Crippen molar-refractivity contribution in [3.05, 3.63) is 93.8 Å². The molecule has 2 aliphatic rings. The number of nitriles is 1. The van der Waals surface area contributed by atoms with Gasteiger partial charge >= 0.3 is 6.09 Å². The summed E-state index contributed by atoms with van der Waals surface area (Å²) in [5, 5.41) is 10.1. The molecule has 0 radical (unpaired) electrons. The highest BCUT2D eigenvalue weighted by molar-refractivity contribution is 6.31. The van der Waals surface area contributed by atoms with Crippen LogP contribution in [0.3, 0.4) is 0 Å². The first kappa shape index (κ1) is 24.1. The third kappa shape index (κ3) is 5.30. The highest BCUT2D eigenvalue weighted by Crippen LogP contribution is 2.35. The number of amides is 1. The molecule has 7 nitrogen and oxygen atoms in total. The van der Waals surface area contributed by atoms with E-state index in [4.69, 9.17) is 16.3 Å². The summed E-state index contributed by atoms with van der Waals surface area (Å²) in [6.07, 6.45) is 0.487. The molecule has 3 heterocycles. The van der Waals surface area contributed by atoms with Gasteiger partial charge in [-0.1, -0.05) is 72.3 Å². The van der Waals surface area contributed by atoms with E-state index >= 15 is 0 Å². The van der Waals surface area contributed by atoms with E-state index in [2.05, 4.69) is 45.1 Å². The Kier molecular flexibility index (Phi) is 7.36. The minimum absolute atomic E-state index is 0.248. The molecular weight excluding hydrogens is 474 g/mol. The van der Waals surface area contributed by atoms with Crippen molar-refractivity contribution in [2.24, 2.45) is 0 Å². The molecule has 0 N–H and O–H groups in total.